The van der Waals surface area contributed by atoms with Crippen molar-refractivity contribution in [2.75, 3.05) is 6.61 Å². The summed E-state index contributed by atoms with van der Waals surface area (Å²) in [6.45, 7) is 0.00125. The first kappa shape index (κ1) is 10.7. The molecule has 0 bridgehead atoms. The summed E-state index contributed by atoms with van der Waals surface area (Å²) in [5, 5.41) is 21.0. The predicted molar refractivity (Wildman–Crippen MR) is 62.1 cm³/mol. The van der Waals surface area contributed by atoms with Crippen LogP contribution < -0.4 is 0 Å². The lowest BCUT2D eigenvalue weighted by atomic mass is 10.0. The molecule has 1 aliphatic carbocycles. The van der Waals surface area contributed by atoms with Gasteiger partial charge in [0.1, 0.15) is 17.7 Å². The maximum absolute atomic E-state index is 10.8. The lowest BCUT2D eigenvalue weighted by molar-refractivity contribution is -0.0840. The zero-order valence-electron chi connectivity index (χ0n) is 9.45. The monoisotopic (exact) mass is 233 g/mol. The van der Waals surface area contributed by atoms with Crippen LogP contribution in [0.5, 0.6) is 0 Å². The molecule has 0 spiro atoms. The Balaban J connectivity index is 2.14. The summed E-state index contributed by atoms with van der Waals surface area (Å²) in [6, 6.07) is 1.89. The highest BCUT2D eigenvalue weighted by Crippen LogP contribution is 2.40. The summed E-state index contributed by atoms with van der Waals surface area (Å²) in [6.07, 6.45) is 7.46. The van der Waals surface area contributed by atoms with Crippen molar-refractivity contribution >= 4 is 11.0 Å². The van der Waals surface area contributed by atoms with Gasteiger partial charge in [-0.05, 0) is 25.3 Å². The maximum Gasteiger partial charge on any atom is 0.147 e. The number of rotatable bonds is 2. The summed E-state index contributed by atoms with van der Waals surface area (Å²) in [4.78, 5) is 8.17. The van der Waals surface area contributed by atoms with Crippen LogP contribution in [0, 0.1) is 5.92 Å². The molecule has 0 aliphatic heterocycles. The van der Waals surface area contributed by atoms with E-state index in [-0.39, 0.29) is 12.5 Å². The predicted octanol–water partition coefficient (Wildman–Crippen LogP) is 0.869. The molecule has 1 saturated carbocycles. The Hall–Kier alpha value is -1.46. The number of hydrogen-bond donors (Lipinski definition) is 2. The molecule has 2 aromatic rings. The lowest BCUT2D eigenvalue weighted by Crippen LogP contribution is -2.38. The largest absolute Gasteiger partial charge is 0.396 e. The van der Waals surface area contributed by atoms with Crippen molar-refractivity contribution < 1.29 is 10.2 Å². The molecular formula is C12H15N3O2. The molecule has 3 rings (SSSR count). The van der Waals surface area contributed by atoms with E-state index in [0.717, 1.165) is 23.9 Å². The maximum atomic E-state index is 10.8. The van der Waals surface area contributed by atoms with Crippen LogP contribution in [0.1, 0.15) is 19.3 Å². The first-order chi connectivity index (χ1) is 8.25. The van der Waals surface area contributed by atoms with Gasteiger partial charge in [0, 0.05) is 23.7 Å². The van der Waals surface area contributed by atoms with Crippen molar-refractivity contribution in [1.29, 1.82) is 0 Å². The number of aliphatic hydroxyl groups excluding tert-OH is 1. The van der Waals surface area contributed by atoms with Gasteiger partial charge in [0.2, 0.25) is 0 Å². The van der Waals surface area contributed by atoms with Crippen LogP contribution in [0.3, 0.4) is 0 Å². The molecule has 2 unspecified atom stereocenters. The minimum Gasteiger partial charge on any atom is -0.396 e. The fourth-order valence-corrected chi connectivity index (χ4v) is 2.79. The Morgan fingerprint density at radius 1 is 1.53 bits per heavy atom. The van der Waals surface area contributed by atoms with E-state index in [1.807, 2.05) is 12.3 Å². The van der Waals surface area contributed by atoms with Crippen molar-refractivity contribution in [2.24, 2.45) is 5.92 Å². The standard InChI is InChI=1S/C12H15N3O2/c16-7-10-2-1-4-12(10,17)15-5-3-9-6-13-8-14-11(9)15/h3,5-6,8,10,16-17H,1-2,4,7H2. The smallest absolute Gasteiger partial charge is 0.147 e. The second-order valence-corrected chi connectivity index (χ2v) is 4.64. The fraction of sp³-hybridized carbons (Fsp3) is 0.500. The van der Waals surface area contributed by atoms with E-state index < -0.39 is 5.72 Å². The van der Waals surface area contributed by atoms with Crippen LogP contribution in [0.25, 0.3) is 11.0 Å². The second kappa shape index (κ2) is 3.78. The normalized spacial score (nSPS) is 28.9. The van der Waals surface area contributed by atoms with Gasteiger partial charge in [0.05, 0.1) is 6.61 Å². The molecule has 0 aromatic carbocycles. The molecular weight excluding hydrogens is 218 g/mol. The van der Waals surface area contributed by atoms with Gasteiger partial charge in [-0.25, -0.2) is 9.97 Å². The van der Waals surface area contributed by atoms with E-state index in [9.17, 15) is 10.2 Å². The first-order valence-corrected chi connectivity index (χ1v) is 5.86. The molecule has 2 aromatic heterocycles. The van der Waals surface area contributed by atoms with Crippen LogP contribution in [0.2, 0.25) is 0 Å². The summed E-state index contributed by atoms with van der Waals surface area (Å²) in [5.74, 6) is -0.118. The molecule has 0 saturated heterocycles. The Bertz CT molecular complexity index is 539. The highest BCUT2D eigenvalue weighted by atomic mass is 16.3. The molecule has 2 atom stereocenters. The molecule has 5 heteroatoms. The number of aliphatic hydroxyl groups is 2. The van der Waals surface area contributed by atoms with E-state index in [4.69, 9.17) is 0 Å². The number of hydrogen-bond acceptors (Lipinski definition) is 4. The number of aromatic nitrogens is 3. The molecule has 5 nitrogen and oxygen atoms in total. The van der Waals surface area contributed by atoms with Crippen molar-refractivity contribution in [2.45, 2.75) is 25.0 Å². The number of fused-ring (bicyclic) bond motifs is 1. The Morgan fingerprint density at radius 2 is 2.41 bits per heavy atom. The molecule has 0 amide bonds. The van der Waals surface area contributed by atoms with Gasteiger partial charge in [-0.15, -0.1) is 0 Å². The third kappa shape index (κ3) is 1.46. The van der Waals surface area contributed by atoms with Crippen LogP contribution >= 0.6 is 0 Å². The molecule has 17 heavy (non-hydrogen) atoms. The molecule has 2 heterocycles. The van der Waals surface area contributed by atoms with E-state index in [1.165, 1.54) is 6.33 Å². The van der Waals surface area contributed by atoms with Crippen LogP contribution in [-0.4, -0.2) is 31.4 Å². The minimum atomic E-state index is -1.01. The van der Waals surface area contributed by atoms with Crippen molar-refractivity contribution in [3.63, 3.8) is 0 Å². The van der Waals surface area contributed by atoms with Crippen LogP contribution in [0.4, 0.5) is 0 Å². The average molecular weight is 233 g/mol. The second-order valence-electron chi connectivity index (χ2n) is 4.64. The third-order valence-corrected chi connectivity index (χ3v) is 3.74. The van der Waals surface area contributed by atoms with Crippen LogP contribution in [0.15, 0.2) is 24.8 Å². The lowest BCUT2D eigenvalue weighted by Gasteiger charge is -2.31. The molecule has 1 fully saturated rings. The quantitative estimate of drug-likeness (QED) is 0.807. The van der Waals surface area contributed by atoms with Gasteiger partial charge in [-0.3, -0.25) is 0 Å². The van der Waals surface area contributed by atoms with Crippen LogP contribution in [-0.2, 0) is 5.72 Å². The average Bonchev–Trinajstić information content (AvgIpc) is 2.93. The van der Waals surface area contributed by atoms with Gasteiger partial charge in [0.15, 0.2) is 0 Å². The highest BCUT2D eigenvalue weighted by Gasteiger charge is 2.42. The van der Waals surface area contributed by atoms with Gasteiger partial charge in [0.25, 0.3) is 0 Å². The number of nitrogens with zero attached hydrogens (tertiary/aromatic N) is 3. The van der Waals surface area contributed by atoms with Crippen molar-refractivity contribution in [3.05, 3.63) is 24.8 Å². The van der Waals surface area contributed by atoms with Crippen molar-refractivity contribution in [1.82, 2.24) is 14.5 Å². The van der Waals surface area contributed by atoms with E-state index in [1.54, 1.807) is 10.8 Å². The summed E-state index contributed by atoms with van der Waals surface area (Å²) >= 11 is 0. The zero-order chi connectivity index (χ0) is 11.9. The van der Waals surface area contributed by atoms with Gasteiger partial charge in [-0.2, -0.15) is 0 Å². The van der Waals surface area contributed by atoms with E-state index >= 15 is 0 Å². The molecule has 1 aliphatic rings. The Labute approximate surface area is 98.7 Å². The third-order valence-electron chi connectivity index (χ3n) is 3.74. The van der Waals surface area contributed by atoms with Crippen molar-refractivity contribution in [3.8, 4) is 0 Å². The molecule has 90 valence electrons. The zero-order valence-corrected chi connectivity index (χ0v) is 9.45. The van der Waals surface area contributed by atoms with Gasteiger partial charge in [-0.1, -0.05) is 0 Å². The van der Waals surface area contributed by atoms with Gasteiger partial charge < -0.3 is 14.8 Å². The first-order valence-electron chi connectivity index (χ1n) is 5.86. The summed E-state index contributed by atoms with van der Waals surface area (Å²) < 4.78 is 1.78. The fourth-order valence-electron chi connectivity index (χ4n) is 2.79. The summed E-state index contributed by atoms with van der Waals surface area (Å²) in [7, 11) is 0. The molecule has 2 N–H and O–H groups in total. The SMILES string of the molecule is OCC1CCCC1(O)n1ccc2cncnc21. The minimum absolute atomic E-state index is 0.00125. The Kier molecular flexibility index (Phi) is 2.38. The topological polar surface area (TPSA) is 71.2 Å². The van der Waals surface area contributed by atoms with E-state index in [2.05, 4.69) is 9.97 Å². The Morgan fingerprint density at radius 3 is 3.24 bits per heavy atom. The molecule has 0 radical (unpaired) electrons. The van der Waals surface area contributed by atoms with E-state index in [0.29, 0.717) is 6.42 Å². The highest BCUT2D eigenvalue weighted by molar-refractivity contribution is 5.75. The van der Waals surface area contributed by atoms with Gasteiger partial charge >= 0.3 is 0 Å². The summed E-state index contributed by atoms with van der Waals surface area (Å²) in [5.41, 5.74) is -0.284.